The van der Waals surface area contributed by atoms with Gasteiger partial charge in [-0.2, -0.15) is 0 Å². The van der Waals surface area contributed by atoms with Gasteiger partial charge < -0.3 is 5.11 Å². The fourth-order valence-electron chi connectivity index (χ4n) is 0.812. The lowest BCUT2D eigenvalue weighted by Gasteiger charge is -2.10. The first-order chi connectivity index (χ1) is 5.61. The van der Waals surface area contributed by atoms with Crippen LogP contribution in [0.25, 0.3) is 0 Å². The zero-order chi connectivity index (χ0) is 9.56. The van der Waals surface area contributed by atoms with Crippen LogP contribution in [0.3, 0.4) is 0 Å². The van der Waals surface area contributed by atoms with Crippen LogP contribution in [0.2, 0.25) is 0 Å². The number of carbonyl (C=O) groups excluding carboxylic acids is 1. The maximum Gasteiger partial charge on any atom is 0.303 e. The number of rotatable bonds is 6. The molecule has 0 unspecified atom stereocenters. The van der Waals surface area contributed by atoms with Crippen molar-refractivity contribution in [3.8, 4) is 0 Å². The third kappa shape index (κ3) is 4.35. The average Bonchev–Trinajstić information content (AvgIpc) is 2.04. The Kier molecular flexibility index (Phi) is 5.74. The van der Waals surface area contributed by atoms with E-state index in [0.717, 1.165) is 0 Å². The highest BCUT2D eigenvalue weighted by Gasteiger charge is 2.15. The molecule has 0 aliphatic carbocycles. The fraction of sp³-hybridized carbons (Fsp3) is 0.714. The van der Waals surface area contributed by atoms with Crippen molar-refractivity contribution in [2.45, 2.75) is 32.2 Å². The van der Waals surface area contributed by atoms with Crippen molar-refractivity contribution in [1.29, 1.82) is 0 Å². The van der Waals surface area contributed by atoms with E-state index in [1.54, 1.807) is 6.92 Å². The number of thiol groups is 1. The predicted molar refractivity (Wildman–Crippen MR) is 48.1 cm³/mol. The number of nitrogens with one attached hydrogen (secondary N) is 1. The van der Waals surface area contributed by atoms with Gasteiger partial charge >= 0.3 is 5.97 Å². The molecule has 0 rings (SSSR count). The second kappa shape index (κ2) is 6.02. The normalized spacial score (nSPS) is 12.5. The summed E-state index contributed by atoms with van der Waals surface area (Å²) in [5, 5.41) is 8.35. The van der Waals surface area contributed by atoms with Crippen LogP contribution in [0.1, 0.15) is 26.2 Å². The number of aliphatic carboxylic acids is 1. The molecular weight excluding hydrogens is 178 g/mol. The molecule has 0 fully saturated rings. The molecule has 5 heteroatoms. The zero-order valence-electron chi connectivity index (χ0n) is 6.91. The van der Waals surface area contributed by atoms with Gasteiger partial charge in [0.1, 0.15) is 5.78 Å². The van der Waals surface area contributed by atoms with Crippen LogP contribution in [-0.4, -0.2) is 22.9 Å². The molecular formula is C7H13NO3S. The van der Waals surface area contributed by atoms with Gasteiger partial charge in [0.2, 0.25) is 0 Å². The largest absolute Gasteiger partial charge is 0.481 e. The zero-order valence-corrected chi connectivity index (χ0v) is 7.80. The number of hydrogen-bond donors (Lipinski definition) is 3. The van der Waals surface area contributed by atoms with Gasteiger partial charge in [-0.1, -0.05) is 19.7 Å². The molecule has 70 valence electrons. The molecule has 0 saturated carbocycles. The van der Waals surface area contributed by atoms with Gasteiger partial charge in [-0.15, -0.1) is 0 Å². The minimum Gasteiger partial charge on any atom is -0.481 e. The number of carboxylic acids is 1. The number of carboxylic acid groups (broad SMARTS) is 1. The first kappa shape index (κ1) is 11.4. The molecule has 0 aromatic rings. The first-order valence-electron chi connectivity index (χ1n) is 3.76. The third-order valence-electron chi connectivity index (χ3n) is 1.54. The summed E-state index contributed by atoms with van der Waals surface area (Å²) < 4.78 is 2.49. The van der Waals surface area contributed by atoms with Crippen LogP contribution in [0, 0.1) is 0 Å². The summed E-state index contributed by atoms with van der Waals surface area (Å²) in [6.45, 7) is 1.74. The van der Waals surface area contributed by atoms with Gasteiger partial charge in [-0.05, 0) is 6.42 Å². The Morgan fingerprint density at radius 1 is 1.58 bits per heavy atom. The standard InChI is InChI=1S/C7H13NO3S/c1-2-6(9)5(8-12)3-4-7(10)11/h5,8,12H,2-4H2,1H3,(H,10,11)/t5-/m1/s1. The van der Waals surface area contributed by atoms with Gasteiger partial charge in [0, 0.05) is 12.8 Å². The van der Waals surface area contributed by atoms with Crippen molar-refractivity contribution in [3.05, 3.63) is 0 Å². The molecule has 0 heterocycles. The third-order valence-corrected chi connectivity index (χ3v) is 1.85. The number of ketones is 1. The maximum absolute atomic E-state index is 11.1. The Hall–Kier alpha value is -0.550. The van der Waals surface area contributed by atoms with Crippen molar-refractivity contribution in [2.75, 3.05) is 0 Å². The fourth-order valence-corrected chi connectivity index (χ4v) is 1.08. The molecule has 0 aliphatic rings. The predicted octanol–water partition coefficient (Wildman–Crippen LogP) is 0.633. The van der Waals surface area contributed by atoms with Crippen LogP contribution >= 0.6 is 12.8 Å². The molecule has 0 spiro atoms. The Labute approximate surface area is 76.9 Å². The molecule has 0 aromatic carbocycles. The summed E-state index contributed by atoms with van der Waals surface area (Å²) in [5.74, 6) is -0.904. The molecule has 4 nitrogen and oxygen atoms in total. The van der Waals surface area contributed by atoms with Crippen LogP contribution in [-0.2, 0) is 9.59 Å². The summed E-state index contributed by atoms with van der Waals surface area (Å²) in [4.78, 5) is 21.2. The lowest BCUT2D eigenvalue weighted by Crippen LogP contribution is -2.30. The maximum atomic E-state index is 11.1. The van der Waals surface area contributed by atoms with Crippen molar-refractivity contribution < 1.29 is 14.7 Å². The van der Waals surface area contributed by atoms with Crippen molar-refractivity contribution in [2.24, 2.45) is 0 Å². The van der Waals surface area contributed by atoms with E-state index >= 15 is 0 Å². The van der Waals surface area contributed by atoms with E-state index in [9.17, 15) is 9.59 Å². The molecule has 0 bridgehead atoms. The van der Waals surface area contributed by atoms with E-state index in [-0.39, 0.29) is 12.2 Å². The summed E-state index contributed by atoms with van der Waals surface area (Å²) in [6, 6.07) is -0.436. The molecule has 0 radical (unpaired) electrons. The lowest BCUT2D eigenvalue weighted by atomic mass is 10.1. The van der Waals surface area contributed by atoms with E-state index in [4.69, 9.17) is 5.11 Å². The van der Waals surface area contributed by atoms with Crippen LogP contribution in [0.5, 0.6) is 0 Å². The minimum absolute atomic E-state index is 0.00810. The molecule has 0 amide bonds. The van der Waals surface area contributed by atoms with E-state index < -0.39 is 12.0 Å². The molecule has 1 atom stereocenters. The highest BCUT2D eigenvalue weighted by molar-refractivity contribution is 7.78. The monoisotopic (exact) mass is 191 g/mol. The highest BCUT2D eigenvalue weighted by atomic mass is 32.1. The second-order valence-electron chi connectivity index (χ2n) is 2.43. The summed E-state index contributed by atoms with van der Waals surface area (Å²) >= 11 is 3.75. The van der Waals surface area contributed by atoms with Crippen LogP contribution in [0.15, 0.2) is 0 Å². The van der Waals surface area contributed by atoms with Crippen LogP contribution < -0.4 is 4.72 Å². The average molecular weight is 191 g/mol. The van der Waals surface area contributed by atoms with Gasteiger partial charge in [0.15, 0.2) is 0 Å². The quantitative estimate of drug-likeness (QED) is 0.539. The molecule has 2 N–H and O–H groups in total. The first-order valence-corrected chi connectivity index (χ1v) is 4.20. The molecule has 0 saturated heterocycles. The van der Waals surface area contributed by atoms with Gasteiger partial charge in [-0.25, -0.2) is 0 Å². The number of hydrogen-bond acceptors (Lipinski definition) is 4. The summed E-state index contributed by atoms with van der Waals surface area (Å²) in [5.41, 5.74) is 0. The summed E-state index contributed by atoms with van der Waals surface area (Å²) in [7, 11) is 0. The van der Waals surface area contributed by atoms with E-state index in [1.165, 1.54) is 0 Å². The number of carbonyl (C=O) groups is 2. The van der Waals surface area contributed by atoms with E-state index in [0.29, 0.717) is 12.8 Å². The van der Waals surface area contributed by atoms with E-state index in [1.807, 2.05) is 0 Å². The smallest absolute Gasteiger partial charge is 0.303 e. The highest BCUT2D eigenvalue weighted by Crippen LogP contribution is 2.01. The molecule has 0 aliphatic heterocycles. The van der Waals surface area contributed by atoms with Crippen molar-refractivity contribution in [1.82, 2.24) is 4.72 Å². The second-order valence-corrected chi connectivity index (χ2v) is 2.69. The van der Waals surface area contributed by atoms with Gasteiger partial charge in [0.25, 0.3) is 0 Å². The Bertz CT molecular complexity index is 172. The topological polar surface area (TPSA) is 66.4 Å². The van der Waals surface area contributed by atoms with Crippen molar-refractivity contribution >= 4 is 24.6 Å². The van der Waals surface area contributed by atoms with Gasteiger partial charge in [0.05, 0.1) is 6.04 Å². The SMILES string of the molecule is CCC(=O)[C@@H](CCC(=O)O)NS. The van der Waals surface area contributed by atoms with Crippen LogP contribution in [0.4, 0.5) is 0 Å². The Balaban J connectivity index is 3.83. The molecule has 0 aromatic heterocycles. The lowest BCUT2D eigenvalue weighted by molar-refractivity contribution is -0.137. The Morgan fingerprint density at radius 2 is 2.17 bits per heavy atom. The summed E-state index contributed by atoms with van der Waals surface area (Å²) in [6.07, 6.45) is 0.688. The van der Waals surface area contributed by atoms with E-state index in [2.05, 4.69) is 17.5 Å². The van der Waals surface area contributed by atoms with Crippen molar-refractivity contribution in [3.63, 3.8) is 0 Å². The Morgan fingerprint density at radius 3 is 2.50 bits per heavy atom. The molecule has 12 heavy (non-hydrogen) atoms. The van der Waals surface area contributed by atoms with Gasteiger partial charge in [-0.3, -0.25) is 14.3 Å². The number of Topliss-reactive ketones (excluding diaryl/α,β-unsaturated/α-hetero) is 1. The minimum atomic E-state index is -0.896.